The first-order chi connectivity index (χ1) is 9.04. The minimum absolute atomic E-state index is 0.236. The fourth-order valence-electron chi connectivity index (χ4n) is 1.99. The Hall–Kier alpha value is -2.16. The van der Waals surface area contributed by atoms with Gasteiger partial charge in [0.25, 0.3) is 0 Å². The molecule has 2 aromatic carbocycles. The molecule has 0 unspecified atom stereocenters. The Morgan fingerprint density at radius 3 is 2.26 bits per heavy atom. The van der Waals surface area contributed by atoms with Crippen LogP contribution < -0.4 is 5.32 Å². The van der Waals surface area contributed by atoms with Crippen LogP contribution >= 0.6 is 0 Å². The van der Waals surface area contributed by atoms with E-state index in [1.165, 1.54) is 6.07 Å². The largest absolute Gasteiger partial charge is 0.350 e. The average molecular weight is 257 g/mol. The van der Waals surface area contributed by atoms with Gasteiger partial charge in [-0.25, -0.2) is 4.39 Å². The molecule has 19 heavy (non-hydrogen) atoms. The zero-order chi connectivity index (χ0) is 13.9. The third-order valence-corrected chi connectivity index (χ3v) is 3.21. The highest BCUT2D eigenvalue weighted by Crippen LogP contribution is 2.26. The van der Waals surface area contributed by atoms with Gasteiger partial charge < -0.3 is 5.32 Å². The Balaban J connectivity index is 2.34. The molecule has 0 aliphatic carbocycles. The summed E-state index contributed by atoms with van der Waals surface area (Å²) in [6.45, 7) is 3.83. The molecule has 0 bridgehead atoms. The summed E-state index contributed by atoms with van der Waals surface area (Å²) in [6, 6.07) is 14.2. The lowest BCUT2D eigenvalue weighted by Gasteiger charge is -2.24. The highest BCUT2D eigenvalue weighted by atomic mass is 19.1. The summed E-state index contributed by atoms with van der Waals surface area (Å²) in [6.07, 6.45) is 0.685. The fourth-order valence-corrected chi connectivity index (χ4v) is 1.99. The number of hydrogen-bond acceptors (Lipinski definition) is 1. The Bertz CT molecular complexity index is 576. The molecule has 0 fully saturated rings. The summed E-state index contributed by atoms with van der Waals surface area (Å²) in [5, 5.41) is 2.75. The van der Waals surface area contributed by atoms with Gasteiger partial charge in [0.2, 0.25) is 6.41 Å². The Labute approximate surface area is 112 Å². The Morgan fingerprint density at radius 2 is 1.68 bits per heavy atom. The van der Waals surface area contributed by atoms with Crippen molar-refractivity contribution in [1.82, 2.24) is 5.32 Å². The minimum atomic E-state index is -0.435. The maximum atomic E-state index is 13.7. The van der Waals surface area contributed by atoms with Crippen LogP contribution in [0.3, 0.4) is 0 Å². The van der Waals surface area contributed by atoms with Gasteiger partial charge in [0.15, 0.2) is 0 Å². The molecular formula is C16H16FNO. The van der Waals surface area contributed by atoms with E-state index in [-0.39, 0.29) is 5.82 Å². The molecule has 3 heteroatoms. The molecule has 2 aromatic rings. The lowest BCUT2D eigenvalue weighted by atomic mass is 9.92. The molecule has 0 spiro atoms. The van der Waals surface area contributed by atoms with Gasteiger partial charge >= 0.3 is 0 Å². The highest BCUT2D eigenvalue weighted by molar-refractivity contribution is 5.64. The van der Waals surface area contributed by atoms with Gasteiger partial charge in [0.1, 0.15) is 5.82 Å². The first-order valence-corrected chi connectivity index (χ1v) is 6.11. The van der Waals surface area contributed by atoms with E-state index in [0.717, 1.165) is 11.1 Å². The third-order valence-electron chi connectivity index (χ3n) is 3.21. The van der Waals surface area contributed by atoms with Crippen molar-refractivity contribution in [2.24, 2.45) is 0 Å². The number of nitrogens with one attached hydrogen (secondary N) is 1. The monoisotopic (exact) mass is 257 g/mol. The molecule has 2 rings (SSSR count). The van der Waals surface area contributed by atoms with Crippen molar-refractivity contribution in [1.29, 1.82) is 0 Å². The van der Waals surface area contributed by atoms with Crippen LogP contribution in [-0.4, -0.2) is 6.41 Å². The van der Waals surface area contributed by atoms with Crippen LogP contribution in [-0.2, 0) is 10.3 Å². The summed E-state index contributed by atoms with van der Waals surface area (Å²) in [7, 11) is 0. The maximum Gasteiger partial charge on any atom is 0.207 e. The van der Waals surface area contributed by atoms with Crippen molar-refractivity contribution < 1.29 is 9.18 Å². The van der Waals surface area contributed by atoms with Gasteiger partial charge in [-0.05, 0) is 31.0 Å². The van der Waals surface area contributed by atoms with Gasteiger partial charge in [-0.15, -0.1) is 0 Å². The molecule has 0 atom stereocenters. The smallest absolute Gasteiger partial charge is 0.207 e. The molecule has 0 radical (unpaired) electrons. The number of carbonyl (C=O) groups is 1. The lowest BCUT2D eigenvalue weighted by Crippen LogP contribution is -2.35. The lowest BCUT2D eigenvalue weighted by molar-refractivity contribution is -0.111. The van der Waals surface area contributed by atoms with Crippen LogP contribution in [0.1, 0.15) is 19.4 Å². The number of amides is 1. The van der Waals surface area contributed by atoms with E-state index in [1.807, 2.05) is 44.2 Å². The van der Waals surface area contributed by atoms with Gasteiger partial charge in [0, 0.05) is 5.56 Å². The van der Waals surface area contributed by atoms with Crippen LogP contribution in [0.4, 0.5) is 4.39 Å². The van der Waals surface area contributed by atoms with Crippen LogP contribution in [0.2, 0.25) is 0 Å². The molecule has 1 amide bonds. The second-order valence-corrected chi connectivity index (χ2v) is 4.94. The third kappa shape index (κ3) is 2.81. The van der Waals surface area contributed by atoms with Crippen molar-refractivity contribution in [3.05, 3.63) is 59.9 Å². The Kier molecular flexibility index (Phi) is 3.65. The summed E-state index contributed by atoms with van der Waals surface area (Å²) >= 11 is 0. The normalized spacial score (nSPS) is 11.1. The van der Waals surface area contributed by atoms with Gasteiger partial charge in [-0.1, -0.05) is 42.5 Å². The summed E-state index contributed by atoms with van der Waals surface area (Å²) < 4.78 is 13.7. The van der Waals surface area contributed by atoms with E-state index < -0.39 is 5.54 Å². The zero-order valence-corrected chi connectivity index (χ0v) is 11.0. The first-order valence-electron chi connectivity index (χ1n) is 6.11. The van der Waals surface area contributed by atoms with Crippen molar-refractivity contribution in [2.45, 2.75) is 19.4 Å². The highest BCUT2D eigenvalue weighted by Gasteiger charge is 2.18. The van der Waals surface area contributed by atoms with Crippen LogP contribution in [0, 0.1) is 5.82 Å². The molecule has 0 heterocycles. The predicted octanol–water partition coefficient (Wildman–Crippen LogP) is 3.47. The van der Waals surface area contributed by atoms with E-state index in [9.17, 15) is 9.18 Å². The number of halogens is 1. The van der Waals surface area contributed by atoms with E-state index in [0.29, 0.717) is 12.0 Å². The fraction of sp³-hybridized carbons (Fsp3) is 0.188. The molecule has 0 aliphatic rings. The first kappa shape index (κ1) is 13.3. The summed E-state index contributed by atoms with van der Waals surface area (Å²) in [5.74, 6) is -0.236. The molecule has 2 nitrogen and oxygen atoms in total. The van der Waals surface area contributed by atoms with E-state index in [4.69, 9.17) is 0 Å². The van der Waals surface area contributed by atoms with Gasteiger partial charge in [0.05, 0.1) is 5.54 Å². The molecule has 0 aromatic heterocycles. The van der Waals surface area contributed by atoms with Crippen molar-refractivity contribution in [3.63, 3.8) is 0 Å². The second-order valence-electron chi connectivity index (χ2n) is 4.94. The number of hydrogen-bond donors (Lipinski definition) is 1. The van der Waals surface area contributed by atoms with E-state index in [1.54, 1.807) is 12.1 Å². The molecule has 0 saturated heterocycles. The minimum Gasteiger partial charge on any atom is -0.350 e. The molecule has 0 saturated carbocycles. The zero-order valence-electron chi connectivity index (χ0n) is 11.0. The summed E-state index contributed by atoms with van der Waals surface area (Å²) in [5.41, 5.74) is 1.94. The molecule has 98 valence electrons. The predicted molar refractivity (Wildman–Crippen MR) is 74.1 cm³/mol. The SMILES string of the molecule is CC(C)(NC=O)c1ccc(-c2ccccc2F)cc1. The van der Waals surface area contributed by atoms with Gasteiger partial charge in [-0.2, -0.15) is 0 Å². The molecular weight excluding hydrogens is 241 g/mol. The van der Waals surface area contributed by atoms with E-state index >= 15 is 0 Å². The average Bonchev–Trinajstić information content (AvgIpc) is 2.39. The maximum absolute atomic E-state index is 13.7. The summed E-state index contributed by atoms with van der Waals surface area (Å²) in [4.78, 5) is 10.6. The second kappa shape index (κ2) is 5.22. The van der Waals surface area contributed by atoms with Crippen LogP contribution in [0.15, 0.2) is 48.5 Å². The molecule has 0 aliphatic heterocycles. The quantitative estimate of drug-likeness (QED) is 0.835. The van der Waals surface area contributed by atoms with Crippen LogP contribution in [0.25, 0.3) is 11.1 Å². The van der Waals surface area contributed by atoms with Crippen molar-refractivity contribution in [2.75, 3.05) is 0 Å². The number of rotatable bonds is 4. The topological polar surface area (TPSA) is 29.1 Å². The van der Waals surface area contributed by atoms with Gasteiger partial charge in [-0.3, -0.25) is 4.79 Å². The standard InChI is InChI=1S/C16H16FNO/c1-16(2,18-11-19)13-9-7-12(8-10-13)14-5-3-4-6-15(14)17/h3-11H,1-2H3,(H,18,19). The number of benzene rings is 2. The van der Waals surface area contributed by atoms with Crippen LogP contribution in [0.5, 0.6) is 0 Å². The Morgan fingerprint density at radius 1 is 1.05 bits per heavy atom. The number of carbonyl (C=O) groups excluding carboxylic acids is 1. The van der Waals surface area contributed by atoms with E-state index in [2.05, 4.69) is 5.32 Å². The van der Waals surface area contributed by atoms with Crippen molar-refractivity contribution >= 4 is 6.41 Å². The molecule has 1 N–H and O–H groups in total. The van der Waals surface area contributed by atoms with Crippen molar-refractivity contribution in [3.8, 4) is 11.1 Å².